The third-order valence-corrected chi connectivity index (χ3v) is 5.08. The number of hydrogen-bond acceptors (Lipinski definition) is 2. The van der Waals surface area contributed by atoms with Crippen molar-refractivity contribution in [2.45, 2.75) is 39.7 Å². The summed E-state index contributed by atoms with van der Waals surface area (Å²) < 4.78 is 0. The molecule has 1 heterocycles. The second-order valence-electron chi connectivity index (χ2n) is 6.38. The first-order valence-electron chi connectivity index (χ1n) is 9.20. The molecule has 2 N–H and O–H groups in total. The molecule has 0 aliphatic carbocycles. The van der Waals surface area contributed by atoms with E-state index in [0.29, 0.717) is 6.54 Å². The molecule has 2 rings (SSSR count). The Balaban J connectivity index is 1.76. The Morgan fingerprint density at radius 3 is 2.62 bits per heavy atom. The smallest absolute Gasteiger partial charge is 0.191 e. The van der Waals surface area contributed by atoms with Crippen molar-refractivity contribution in [3.05, 3.63) is 34.9 Å². The van der Waals surface area contributed by atoms with E-state index in [1.807, 2.05) is 24.3 Å². The van der Waals surface area contributed by atoms with Crippen LogP contribution in [-0.2, 0) is 6.54 Å². The van der Waals surface area contributed by atoms with E-state index < -0.39 is 0 Å². The van der Waals surface area contributed by atoms with Gasteiger partial charge in [-0.15, -0.1) is 0 Å². The van der Waals surface area contributed by atoms with Gasteiger partial charge >= 0.3 is 0 Å². The maximum Gasteiger partial charge on any atom is 0.191 e. The fourth-order valence-corrected chi connectivity index (χ4v) is 3.31. The van der Waals surface area contributed by atoms with Gasteiger partial charge < -0.3 is 15.5 Å². The molecular weight excluding hydrogens is 320 g/mol. The van der Waals surface area contributed by atoms with Gasteiger partial charge in [0.25, 0.3) is 0 Å². The predicted molar refractivity (Wildman–Crippen MR) is 104 cm³/mol. The van der Waals surface area contributed by atoms with E-state index in [1.165, 1.54) is 38.9 Å². The third-order valence-electron chi connectivity index (χ3n) is 4.71. The molecule has 1 aromatic rings. The summed E-state index contributed by atoms with van der Waals surface area (Å²) in [7, 11) is 0. The van der Waals surface area contributed by atoms with E-state index in [4.69, 9.17) is 11.6 Å². The van der Waals surface area contributed by atoms with Crippen LogP contribution in [0.2, 0.25) is 5.02 Å². The van der Waals surface area contributed by atoms with Gasteiger partial charge in [-0.1, -0.05) is 36.7 Å². The summed E-state index contributed by atoms with van der Waals surface area (Å²) in [4.78, 5) is 7.19. The van der Waals surface area contributed by atoms with E-state index in [-0.39, 0.29) is 0 Å². The van der Waals surface area contributed by atoms with Gasteiger partial charge in [0.2, 0.25) is 0 Å². The monoisotopic (exact) mass is 350 g/mol. The highest BCUT2D eigenvalue weighted by Crippen LogP contribution is 2.19. The van der Waals surface area contributed by atoms with Gasteiger partial charge in [-0.05, 0) is 63.4 Å². The molecule has 0 amide bonds. The number of likely N-dealkylation sites (tertiary alicyclic amines) is 1. The number of aliphatic imine (C=N–C) groups is 1. The molecule has 1 saturated heterocycles. The third kappa shape index (κ3) is 6.33. The first kappa shape index (κ1) is 19.1. The largest absolute Gasteiger partial charge is 0.357 e. The average molecular weight is 351 g/mol. The molecule has 0 radical (unpaired) electrons. The minimum absolute atomic E-state index is 0.601. The van der Waals surface area contributed by atoms with E-state index in [2.05, 4.69) is 34.4 Å². The Hall–Kier alpha value is -1.26. The Morgan fingerprint density at radius 2 is 1.96 bits per heavy atom. The second kappa shape index (κ2) is 10.6. The fourth-order valence-electron chi connectivity index (χ4n) is 3.12. The van der Waals surface area contributed by atoms with Crippen LogP contribution in [0, 0.1) is 5.92 Å². The number of nitrogens with zero attached hydrogens (tertiary/aromatic N) is 2. The molecule has 0 bridgehead atoms. The van der Waals surface area contributed by atoms with Crippen LogP contribution in [-0.4, -0.2) is 43.6 Å². The SMILES string of the molecule is CCNC(=NCc1ccccc1Cl)NCCC1CCN(CC)CC1. The Bertz CT molecular complexity index is 510. The summed E-state index contributed by atoms with van der Waals surface area (Å²) in [6.45, 7) is 10.5. The Kier molecular flexibility index (Phi) is 8.40. The van der Waals surface area contributed by atoms with Crippen molar-refractivity contribution in [2.24, 2.45) is 10.9 Å². The van der Waals surface area contributed by atoms with Gasteiger partial charge in [0.15, 0.2) is 5.96 Å². The summed E-state index contributed by atoms with van der Waals surface area (Å²) in [5.41, 5.74) is 1.06. The normalized spacial score (nSPS) is 17.0. The number of halogens is 1. The zero-order chi connectivity index (χ0) is 17.2. The first-order chi connectivity index (χ1) is 11.7. The lowest BCUT2D eigenvalue weighted by atomic mass is 9.93. The molecular formula is C19H31ClN4. The predicted octanol–water partition coefficient (Wildman–Crippen LogP) is 3.52. The lowest BCUT2D eigenvalue weighted by Crippen LogP contribution is -2.39. The standard InChI is InChI=1S/C19H31ClN4/c1-3-21-19(23-15-17-7-5-6-8-18(17)20)22-12-9-16-10-13-24(4-2)14-11-16/h5-8,16H,3-4,9-15H2,1-2H3,(H2,21,22,23). The van der Waals surface area contributed by atoms with E-state index in [0.717, 1.165) is 35.6 Å². The molecule has 5 heteroatoms. The summed E-state index contributed by atoms with van der Waals surface area (Å²) in [6.07, 6.45) is 3.86. The van der Waals surface area contributed by atoms with Crippen molar-refractivity contribution < 1.29 is 0 Å². The van der Waals surface area contributed by atoms with Gasteiger partial charge in [0, 0.05) is 18.1 Å². The molecule has 0 aromatic heterocycles. The molecule has 0 spiro atoms. The topological polar surface area (TPSA) is 39.7 Å². The van der Waals surface area contributed by atoms with E-state index in [1.54, 1.807) is 0 Å². The molecule has 134 valence electrons. The summed E-state index contributed by atoms with van der Waals surface area (Å²) in [5.74, 6) is 1.72. The molecule has 1 aromatic carbocycles. The number of benzene rings is 1. The zero-order valence-electron chi connectivity index (χ0n) is 15.0. The van der Waals surface area contributed by atoms with Crippen LogP contribution in [0.3, 0.4) is 0 Å². The van der Waals surface area contributed by atoms with Gasteiger partial charge in [0.05, 0.1) is 6.54 Å². The average Bonchev–Trinajstić information content (AvgIpc) is 2.61. The van der Waals surface area contributed by atoms with Crippen LogP contribution in [0.1, 0.15) is 38.7 Å². The number of hydrogen-bond donors (Lipinski definition) is 2. The number of nitrogens with one attached hydrogen (secondary N) is 2. The lowest BCUT2D eigenvalue weighted by Gasteiger charge is -2.31. The number of piperidine rings is 1. The number of guanidine groups is 1. The molecule has 1 aliphatic rings. The molecule has 4 nitrogen and oxygen atoms in total. The molecule has 1 fully saturated rings. The minimum Gasteiger partial charge on any atom is -0.357 e. The lowest BCUT2D eigenvalue weighted by molar-refractivity contribution is 0.187. The van der Waals surface area contributed by atoms with Crippen LogP contribution >= 0.6 is 11.6 Å². The maximum absolute atomic E-state index is 6.20. The van der Waals surface area contributed by atoms with Crippen LogP contribution in [0.4, 0.5) is 0 Å². The highest BCUT2D eigenvalue weighted by Gasteiger charge is 2.17. The van der Waals surface area contributed by atoms with Gasteiger partial charge in [-0.2, -0.15) is 0 Å². The summed E-state index contributed by atoms with van der Waals surface area (Å²) in [5, 5.41) is 7.56. The van der Waals surface area contributed by atoms with Crippen molar-refractivity contribution >= 4 is 17.6 Å². The van der Waals surface area contributed by atoms with Crippen LogP contribution in [0.5, 0.6) is 0 Å². The quantitative estimate of drug-likeness (QED) is 0.584. The highest BCUT2D eigenvalue weighted by atomic mass is 35.5. The van der Waals surface area contributed by atoms with Crippen LogP contribution in [0.15, 0.2) is 29.3 Å². The first-order valence-corrected chi connectivity index (χ1v) is 9.58. The van der Waals surface area contributed by atoms with Crippen LogP contribution < -0.4 is 10.6 Å². The van der Waals surface area contributed by atoms with Crippen LogP contribution in [0.25, 0.3) is 0 Å². The Morgan fingerprint density at radius 1 is 1.21 bits per heavy atom. The fraction of sp³-hybridized carbons (Fsp3) is 0.632. The van der Waals surface area contributed by atoms with Gasteiger partial charge in [0.1, 0.15) is 0 Å². The van der Waals surface area contributed by atoms with Gasteiger partial charge in [-0.3, -0.25) is 0 Å². The highest BCUT2D eigenvalue weighted by molar-refractivity contribution is 6.31. The van der Waals surface area contributed by atoms with E-state index in [9.17, 15) is 0 Å². The Labute approximate surface area is 151 Å². The molecule has 1 aliphatic heterocycles. The van der Waals surface area contributed by atoms with Crippen molar-refractivity contribution in [3.8, 4) is 0 Å². The summed E-state index contributed by atoms with van der Waals surface area (Å²) >= 11 is 6.20. The molecule has 0 unspecified atom stereocenters. The van der Waals surface area contributed by atoms with Crippen molar-refractivity contribution in [1.82, 2.24) is 15.5 Å². The summed E-state index contributed by atoms with van der Waals surface area (Å²) in [6, 6.07) is 7.88. The van der Waals surface area contributed by atoms with Crippen molar-refractivity contribution in [2.75, 3.05) is 32.7 Å². The van der Waals surface area contributed by atoms with E-state index >= 15 is 0 Å². The minimum atomic E-state index is 0.601. The zero-order valence-corrected chi connectivity index (χ0v) is 15.8. The second-order valence-corrected chi connectivity index (χ2v) is 6.79. The van der Waals surface area contributed by atoms with Gasteiger partial charge in [-0.25, -0.2) is 4.99 Å². The number of rotatable bonds is 7. The van der Waals surface area contributed by atoms with Crippen molar-refractivity contribution in [1.29, 1.82) is 0 Å². The molecule has 0 atom stereocenters. The molecule has 0 saturated carbocycles. The molecule has 24 heavy (non-hydrogen) atoms. The van der Waals surface area contributed by atoms with Crippen molar-refractivity contribution in [3.63, 3.8) is 0 Å². The maximum atomic E-state index is 6.20.